The molecule has 3 nitrogen and oxygen atoms in total. The Hall–Kier alpha value is -1.71. The number of carbonyl (C=O) groups excluding carboxylic acids is 1. The molecule has 0 saturated carbocycles. The molecule has 96 valence electrons. The number of rotatable bonds is 2. The van der Waals surface area contributed by atoms with Gasteiger partial charge in [0.25, 0.3) is 0 Å². The van der Waals surface area contributed by atoms with E-state index < -0.39 is 0 Å². The zero-order valence-electron chi connectivity index (χ0n) is 9.65. The molecule has 0 unspecified atom stereocenters. The minimum atomic E-state index is 0.160. The van der Waals surface area contributed by atoms with Gasteiger partial charge in [0.2, 0.25) is 6.79 Å². The van der Waals surface area contributed by atoms with Crippen molar-refractivity contribution in [3.8, 4) is 22.6 Å². The summed E-state index contributed by atoms with van der Waals surface area (Å²) in [5.74, 6) is 1.18. The van der Waals surface area contributed by atoms with Crippen LogP contribution in [0.15, 0.2) is 30.3 Å². The van der Waals surface area contributed by atoms with E-state index in [1.165, 1.54) is 0 Å². The zero-order chi connectivity index (χ0) is 13.4. The smallest absolute Gasteiger partial charge is 0.231 e. The normalized spacial score (nSPS) is 12.5. The molecule has 0 fully saturated rings. The molecule has 0 radical (unpaired) electrons. The number of hydrogen-bond donors (Lipinski definition) is 0. The molecular weight excluding hydrogens is 287 g/mol. The molecule has 2 aromatic rings. The second kappa shape index (κ2) is 4.76. The third-order valence-electron chi connectivity index (χ3n) is 2.85. The van der Waals surface area contributed by atoms with Crippen molar-refractivity contribution in [3.63, 3.8) is 0 Å². The second-order valence-corrected chi connectivity index (χ2v) is 4.94. The van der Waals surface area contributed by atoms with Gasteiger partial charge in [0.15, 0.2) is 17.8 Å². The minimum absolute atomic E-state index is 0.160. The summed E-state index contributed by atoms with van der Waals surface area (Å²) >= 11 is 12.0. The van der Waals surface area contributed by atoms with Crippen LogP contribution in [-0.2, 0) is 0 Å². The summed E-state index contributed by atoms with van der Waals surface area (Å²) in [6, 6.07) is 8.55. The third kappa shape index (κ3) is 2.27. The van der Waals surface area contributed by atoms with Crippen LogP contribution in [0.5, 0.6) is 11.5 Å². The monoisotopic (exact) mass is 294 g/mol. The molecule has 1 heterocycles. The molecule has 0 saturated heterocycles. The van der Waals surface area contributed by atoms with E-state index in [9.17, 15) is 4.79 Å². The number of aldehydes is 1. The minimum Gasteiger partial charge on any atom is -0.454 e. The molecule has 19 heavy (non-hydrogen) atoms. The quantitative estimate of drug-likeness (QED) is 0.779. The average molecular weight is 295 g/mol. The summed E-state index contributed by atoms with van der Waals surface area (Å²) in [5.41, 5.74) is 1.98. The second-order valence-electron chi connectivity index (χ2n) is 4.07. The lowest BCUT2D eigenvalue weighted by Crippen LogP contribution is -1.92. The molecule has 1 aliphatic heterocycles. The SMILES string of the molecule is O=Cc1cc2c(cc1-c1cc(Cl)cc(Cl)c1)OCO2. The first-order valence-corrected chi connectivity index (χ1v) is 6.28. The molecule has 2 aromatic carbocycles. The first kappa shape index (κ1) is 12.3. The Morgan fingerprint density at radius 3 is 2.21 bits per heavy atom. The highest BCUT2D eigenvalue weighted by atomic mass is 35.5. The maximum atomic E-state index is 11.2. The molecule has 5 heteroatoms. The van der Waals surface area contributed by atoms with Crippen LogP contribution in [0.3, 0.4) is 0 Å². The van der Waals surface area contributed by atoms with Crippen LogP contribution in [0.2, 0.25) is 10.0 Å². The number of hydrogen-bond acceptors (Lipinski definition) is 3. The number of fused-ring (bicyclic) bond motifs is 1. The molecule has 1 aliphatic rings. The molecule has 3 rings (SSSR count). The lowest BCUT2D eigenvalue weighted by molar-refractivity contribution is 0.112. The Morgan fingerprint density at radius 1 is 0.947 bits per heavy atom. The average Bonchev–Trinajstić information content (AvgIpc) is 2.83. The molecule has 0 aromatic heterocycles. The highest BCUT2D eigenvalue weighted by Gasteiger charge is 2.18. The van der Waals surface area contributed by atoms with Gasteiger partial charge in [-0.25, -0.2) is 0 Å². The van der Waals surface area contributed by atoms with Gasteiger partial charge >= 0.3 is 0 Å². The van der Waals surface area contributed by atoms with Gasteiger partial charge in [0.1, 0.15) is 0 Å². The lowest BCUT2D eigenvalue weighted by atomic mass is 9.99. The van der Waals surface area contributed by atoms with Crippen molar-refractivity contribution < 1.29 is 14.3 Å². The van der Waals surface area contributed by atoms with Gasteiger partial charge in [-0.1, -0.05) is 23.2 Å². The van der Waals surface area contributed by atoms with Crippen molar-refractivity contribution in [2.24, 2.45) is 0 Å². The number of carbonyl (C=O) groups is 1. The molecule has 0 aliphatic carbocycles. The van der Waals surface area contributed by atoms with Gasteiger partial charge < -0.3 is 9.47 Å². The van der Waals surface area contributed by atoms with E-state index in [4.69, 9.17) is 32.7 Å². The third-order valence-corrected chi connectivity index (χ3v) is 3.28. The molecule has 0 N–H and O–H groups in total. The Labute approximate surface area is 119 Å². The van der Waals surface area contributed by atoms with E-state index in [0.717, 1.165) is 11.8 Å². The Bertz CT molecular complexity index is 648. The van der Waals surface area contributed by atoms with Gasteiger partial charge in [0.05, 0.1) is 0 Å². The van der Waals surface area contributed by atoms with Crippen LogP contribution in [0.4, 0.5) is 0 Å². The van der Waals surface area contributed by atoms with Crippen molar-refractivity contribution >= 4 is 29.5 Å². The van der Waals surface area contributed by atoms with E-state index in [1.54, 1.807) is 30.3 Å². The summed E-state index contributed by atoms with van der Waals surface area (Å²) < 4.78 is 10.6. The Kier molecular flexibility index (Phi) is 3.09. The van der Waals surface area contributed by atoms with Crippen molar-refractivity contribution in [2.75, 3.05) is 6.79 Å². The van der Waals surface area contributed by atoms with Crippen LogP contribution in [0.25, 0.3) is 11.1 Å². The van der Waals surface area contributed by atoms with E-state index in [1.807, 2.05) is 0 Å². The summed E-state index contributed by atoms with van der Waals surface area (Å²) in [7, 11) is 0. The molecular formula is C14H8Cl2O3. The van der Waals surface area contributed by atoms with Gasteiger partial charge in [-0.15, -0.1) is 0 Å². The largest absolute Gasteiger partial charge is 0.454 e. The molecule has 0 spiro atoms. The van der Waals surface area contributed by atoms with E-state index in [-0.39, 0.29) is 6.79 Å². The van der Waals surface area contributed by atoms with Crippen LogP contribution in [0.1, 0.15) is 10.4 Å². The Morgan fingerprint density at radius 2 is 1.58 bits per heavy atom. The van der Waals surface area contributed by atoms with E-state index >= 15 is 0 Å². The lowest BCUT2D eigenvalue weighted by Gasteiger charge is -2.08. The standard InChI is InChI=1S/C14H8Cl2O3/c15-10-1-8(2-11(16)4-10)12-5-14-13(18-7-19-14)3-9(12)6-17/h1-6H,7H2. The van der Waals surface area contributed by atoms with E-state index in [2.05, 4.69) is 0 Å². The fourth-order valence-corrected chi connectivity index (χ4v) is 2.54. The number of halogens is 2. The fourth-order valence-electron chi connectivity index (χ4n) is 2.01. The zero-order valence-corrected chi connectivity index (χ0v) is 11.2. The van der Waals surface area contributed by atoms with Crippen molar-refractivity contribution in [3.05, 3.63) is 45.9 Å². The van der Waals surface area contributed by atoms with Gasteiger partial charge in [0, 0.05) is 15.6 Å². The summed E-state index contributed by atoms with van der Waals surface area (Å²) in [5, 5.41) is 1.02. The first-order valence-electron chi connectivity index (χ1n) is 5.52. The van der Waals surface area contributed by atoms with Gasteiger partial charge in [-0.2, -0.15) is 0 Å². The van der Waals surface area contributed by atoms with Crippen LogP contribution >= 0.6 is 23.2 Å². The maximum Gasteiger partial charge on any atom is 0.231 e. The first-order chi connectivity index (χ1) is 9.17. The Balaban J connectivity index is 2.21. The van der Waals surface area contributed by atoms with Crippen molar-refractivity contribution in [2.45, 2.75) is 0 Å². The summed E-state index contributed by atoms with van der Waals surface area (Å²) in [6.07, 6.45) is 0.770. The predicted molar refractivity (Wildman–Crippen MR) is 73.4 cm³/mol. The molecule has 0 amide bonds. The van der Waals surface area contributed by atoms with Crippen LogP contribution in [-0.4, -0.2) is 13.1 Å². The van der Waals surface area contributed by atoms with Crippen LogP contribution in [0, 0.1) is 0 Å². The van der Waals surface area contributed by atoms with Gasteiger partial charge in [-0.3, -0.25) is 4.79 Å². The van der Waals surface area contributed by atoms with Crippen molar-refractivity contribution in [1.82, 2.24) is 0 Å². The number of ether oxygens (including phenoxy) is 2. The van der Waals surface area contributed by atoms with Crippen LogP contribution < -0.4 is 9.47 Å². The molecule has 0 atom stereocenters. The topological polar surface area (TPSA) is 35.5 Å². The molecule has 0 bridgehead atoms. The maximum absolute atomic E-state index is 11.2. The van der Waals surface area contributed by atoms with Crippen molar-refractivity contribution in [1.29, 1.82) is 0 Å². The number of benzene rings is 2. The van der Waals surface area contributed by atoms with Gasteiger partial charge in [-0.05, 0) is 41.5 Å². The fraction of sp³-hybridized carbons (Fsp3) is 0.0714. The predicted octanol–water partition coefficient (Wildman–Crippen LogP) is 4.20. The highest BCUT2D eigenvalue weighted by molar-refractivity contribution is 6.35. The summed E-state index contributed by atoms with van der Waals surface area (Å²) in [4.78, 5) is 11.2. The van der Waals surface area contributed by atoms with E-state index in [0.29, 0.717) is 32.7 Å². The highest BCUT2D eigenvalue weighted by Crippen LogP contribution is 2.39. The summed E-state index contributed by atoms with van der Waals surface area (Å²) in [6.45, 7) is 0.160.